The van der Waals surface area contributed by atoms with Gasteiger partial charge < -0.3 is 9.26 Å². The second-order valence-electron chi connectivity index (χ2n) is 9.80. The maximum atomic E-state index is 14.8. The number of methoxy groups -OCH3 is 1. The minimum atomic E-state index is -4.18. The van der Waals surface area contributed by atoms with E-state index in [1.54, 1.807) is 42.5 Å². The number of nitrogens with zero attached hydrogens (tertiary/aromatic N) is 2. The van der Waals surface area contributed by atoms with Gasteiger partial charge in [-0.15, -0.1) is 0 Å². The van der Waals surface area contributed by atoms with Crippen LogP contribution >= 0.6 is 19.2 Å². The van der Waals surface area contributed by atoms with Gasteiger partial charge in [-0.2, -0.15) is 18.3 Å². The number of hydrogen-bond donors (Lipinski definition) is 0. The quantitative estimate of drug-likeness (QED) is 0.152. The van der Waals surface area contributed by atoms with Gasteiger partial charge in [0.05, 0.1) is 35.5 Å². The highest BCUT2D eigenvalue weighted by Crippen LogP contribution is 2.62. The Morgan fingerprint density at radius 1 is 0.977 bits per heavy atom. The first-order valence-corrected chi connectivity index (χ1v) is 16.7. The van der Waals surface area contributed by atoms with Crippen LogP contribution in [0.3, 0.4) is 0 Å². The van der Waals surface area contributed by atoms with Crippen LogP contribution < -0.4 is 4.74 Å². The number of ether oxygens (including phenoxy) is 1. The average Bonchev–Trinajstić information content (AvgIpc) is 3.00. The summed E-state index contributed by atoms with van der Waals surface area (Å²) in [6.45, 7) is 0.807. The van der Waals surface area contributed by atoms with Gasteiger partial charge in [0.25, 0.3) is 0 Å². The molecule has 8 nitrogen and oxygen atoms in total. The molecule has 0 bridgehead atoms. The van der Waals surface area contributed by atoms with Crippen molar-refractivity contribution >= 4 is 29.2 Å². The van der Waals surface area contributed by atoms with E-state index in [2.05, 4.69) is 15.1 Å². The zero-order chi connectivity index (χ0) is 31.5. The Morgan fingerprint density at radius 3 is 2.30 bits per heavy atom. The van der Waals surface area contributed by atoms with Gasteiger partial charge in [0.1, 0.15) is 17.3 Å². The molecule has 1 unspecified atom stereocenters. The summed E-state index contributed by atoms with van der Waals surface area (Å²) in [7, 11) is -6.76. The van der Waals surface area contributed by atoms with Gasteiger partial charge in [0.15, 0.2) is 0 Å². The standard InChI is InChI=1S/C31H25ClF2N2O6PS/c1-40-29-7-2-3-8-30(29)44(38,39)36(20-22-9-12-25(13-10-22)26-6-4-5-23(17-26)19-35)21-24-11-14-27(28(32)18-24)31(33,34)42-43(37)16-15-41-43/h2-15,17-18H,16,20-21H2,1H3. The predicted molar refractivity (Wildman–Crippen MR) is 160 cm³/mol. The number of halogens is 3. The summed E-state index contributed by atoms with van der Waals surface area (Å²) in [6.07, 6.45) is -4.25. The molecular weight excluding hydrogens is 633 g/mol. The lowest BCUT2D eigenvalue weighted by atomic mass is 10.0. The minimum Gasteiger partial charge on any atom is -0.495 e. The molecular formula is C31H25ClF2N2O6PS. The maximum absolute atomic E-state index is 14.8. The number of alkyl halides is 2. The first-order chi connectivity index (χ1) is 20.9. The Kier molecular flexibility index (Phi) is 9.23. The second kappa shape index (κ2) is 12.8. The molecule has 1 heterocycles. The number of para-hydroxylation sites is 1. The Labute approximate surface area is 259 Å². The maximum Gasteiger partial charge on any atom is 0.391 e. The van der Waals surface area contributed by atoms with Crippen LogP contribution in [-0.4, -0.2) is 26.0 Å². The van der Waals surface area contributed by atoms with E-state index < -0.39 is 34.3 Å². The van der Waals surface area contributed by atoms with Crippen molar-refractivity contribution in [2.75, 3.05) is 13.3 Å². The lowest BCUT2D eigenvalue weighted by Crippen LogP contribution is -2.30. The molecule has 4 aromatic carbocycles. The van der Waals surface area contributed by atoms with Crippen LogP contribution in [0.1, 0.15) is 22.3 Å². The van der Waals surface area contributed by atoms with E-state index in [1.807, 2.05) is 18.2 Å². The molecule has 1 aliphatic heterocycles. The van der Waals surface area contributed by atoms with Crippen molar-refractivity contribution < 1.29 is 35.5 Å². The highest BCUT2D eigenvalue weighted by atomic mass is 35.5. The summed E-state index contributed by atoms with van der Waals surface area (Å²) in [6, 6.07) is 26.1. The zero-order valence-electron chi connectivity index (χ0n) is 23.2. The first kappa shape index (κ1) is 31.8. The second-order valence-corrected chi connectivity index (χ2v) is 14.1. The van der Waals surface area contributed by atoms with Crippen LogP contribution in [-0.2, 0) is 42.8 Å². The van der Waals surface area contributed by atoms with E-state index in [0.717, 1.165) is 23.8 Å². The van der Waals surface area contributed by atoms with E-state index in [0.29, 0.717) is 16.7 Å². The minimum absolute atomic E-state index is 0.0721. The van der Waals surface area contributed by atoms with Crippen LogP contribution in [0, 0.1) is 17.9 Å². The molecule has 0 aromatic heterocycles. The molecule has 4 aromatic rings. The largest absolute Gasteiger partial charge is 0.495 e. The van der Waals surface area contributed by atoms with Crippen LogP contribution in [0.4, 0.5) is 8.78 Å². The molecule has 0 amide bonds. The van der Waals surface area contributed by atoms with Crippen LogP contribution in [0.15, 0.2) is 95.9 Å². The number of nitriles is 1. The predicted octanol–water partition coefficient (Wildman–Crippen LogP) is 7.73. The highest BCUT2D eigenvalue weighted by Gasteiger charge is 2.47. The van der Waals surface area contributed by atoms with Crippen molar-refractivity contribution in [2.45, 2.75) is 24.1 Å². The Hall–Kier alpha value is -3.62. The summed E-state index contributed by atoms with van der Waals surface area (Å²) in [5.41, 5.74) is 2.41. The van der Waals surface area contributed by atoms with Gasteiger partial charge in [0.2, 0.25) is 10.0 Å². The van der Waals surface area contributed by atoms with Crippen LogP contribution in [0.5, 0.6) is 5.75 Å². The third-order valence-electron chi connectivity index (χ3n) is 6.82. The van der Waals surface area contributed by atoms with E-state index in [9.17, 15) is 27.0 Å². The molecule has 13 heteroatoms. The van der Waals surface area contributed by atoms with Crippen LogP contribution in [0.2, 0.25) is 5.02 Å². The van der Waals surface area contributed by atoms with E-state index in [-0.39, 0.29) is 29.9 Å². The van der Waals surface area contributed by atoms with Crippen LogP contribution in [0.25, 0.3) is 11.1 Å². The summed E-state index contributed by atoms with van der Waals surface area (Å²) < 4.78 is 85.2. The van der Waals surface area contributed by atoms with E-state index in [4.69, 9.17) is 16.3 Å². The van der Waals surface area contributed by atoms with Crippen molar-refractivity contribution in [1.29, 1.82) is 5.26 Å². The number of benzene rings is 4. The van der Waals surface area contributed by atoms with Gasteiger partial charge in [-0.25, -0.2) is 12.9 Å². The Morgan fingerprint density at radius 2 is 1.66 bits per heavy atom. The van der Waals surface area contributed by atoms with Gasteiger partial charge in [-0.05, 0) is 58.7 Å². The topological polar surface area (TPSA) is 106 Å². The highest BCUT2D eigenvalue weighted by molar-refractivity contribution is 7.89. The first-order valence-electron chi connectivity index (χ1n) is 13.1. The van der Waals surface area contributed by atoms with E-state index in [1.165, 1.54) is 35.7 Å². The van der Waals surface area contributed by atoms with Gasteiger partial charge in [-0.3, -0.25) is 4.57 Å². The fourth-order valence-corrected chi connectivity index (χ4v) is 7.39. The molecule has 1 aliphatic rings. The molecule has 227 valence electrons. The summed E-state index contributed by atoms with van der Waals surface area (Å²) >= 11 is 6.22. The molecule has 44 heavy (non-hydrogen) atoms. The van der Waals surface area contributed by atoms with Crippen molar-refractivity contribution in [3.63, 3.8) is 0 Å². The fraction of sp³-hybridized carbons (Fsp3) is 0.161. The molecule has 0 saturated carbocycles. The molecule has 5 rings (SSSR count). The summed E-state index contributed by atoms with van der Waals surface area (Å²) in [5, 5.41) is 8.82. The molecule has 1 atom stereocenters. The van der Waals surface area contributed by atoms with Gasteiger partial charge in [-0.1, -0.05) is 66.2 Å². The number of hydrogen-bond acceptors (Lipinski definition) is 7. The zero-order valence-corrected chi connectivity index (χ0v) is 25.7. The molecule has 0 N–H and O–H groups in total. The fourth-order valence-electron chi connectivity index (χ4n) is 4.55. The molecule has 1 fully saturated rings. The lowest BCUT2D eigenvalue weighted by molar-refractivity contribution is -0.192. The normalized spacial score (nSPS) is 16.7. The van der Waals surface area contributed by atoms with Crippen molar-refractivity contribution in [3.05, 3.63) is 125 Å². The monoisotopic (exact) mass is 657 g/mol. The third-order valence-corrected chi connectivity index (χ3v) is 10.5. The molecule has 0 aliphatic carbocycles. The lowest BCUT2D eigenvalue weighted by Gasteiger charge is -2.29. The third kappa shape index (κ3) is 6.87. The smallest absolute Gasteiger partial charge is 0.391 e. The van der Waals surface area contributed by atoms with E-state index >= 15 is 0 Å². The Balaban J connectivity index is 1.46. The van der Waals surface area contributed by atoms with Crippen molar-refractivity contribution in [3.8, 4) is 22.9 Å². The molecule has 1 saturated heterocycles. The van der Waals surface area contributed by atoms with Crippen molar-refractivity contribution in [2.24, 2.45) is 0 Å². The van der Waals surface area contributed by atoms with Gasteiger partial charge >= 0.3 is 13.7 Å². The SMILES string of the molecule is COc1ccccc1S(=O)(=O)N(Cc1ccc(-c2cccc(C#N)c2)cc1)Cc1ccc(C(F)(F)OP2(=O)C[CH]O2)c(Cl)c1. The van der Waals surface area contributed by atoms with Crippen molar-refractivity contribution in [1.82, 2.24) is 4.31 Å². The average molecular weight is 658 g/mol. The molecule has 1 radical (unpaired) electrons. The van der Waals surface area contributed by atoms with Gasteiger partial charge in [0, 0.05) is 13.1 Å². The number of sulfonamides is 1. The Bertz CT molecular complexity index is 1870. The summed E-state index contributed by atoms with van der Waals surface area (Å²) in [5.74, 6) is 0.140. The molecule has 0 spiro atoms. The number of rotatable bonds is 11. The summed E-state index contributed by atoms with van der Waals surface area (Å²) in [4.78, 5) is -0.0721.